The summed E-state index contributed by atoms with van der Waals surface area (Å²) in [6.45, 7) is 6.25. The van der Waals surface area contributed by atoms with Crippen LogP contribution in [0.2, 0.25) is 0 Å². The summed E-state index contributed by atoms with van der Waals surface area (Å²) in [5.41, 5.74) is -0.132. The van der Waals surface area contributed by atoms with Crippen LogP contribution in [0.3, 0.4) is 0 Å². The summed E-state index contributed by atoms with van der Waals surface area (Å²) in [6.07, 6.45) is 7.84. The third-order valence-corrected chi connectivity index (χ3v) is 4.89. The van der Waals surface area contributed by atoms with E-state index in [9.17, 15) is 4.79 Å². The van der Waals surface area contributed by atoms with Gasteiger partial charge in [0.25, 0.3) is 0 Å². The Morgan fingerprint density at radius 1 is 1.39 bits per heavy atom. The second-order valence-electron chi connectivity index (χ2n) is 6.06. The first-order chi connectivity index (χ1) is 8.67. The number of piperidine rings is 1. The van der Waals surface area contributed by atoms with Gasteiger partial charge in [0.05, 0.1) is 5.92 Å². The number of ether oxygens (including phenoxy) is 1. The highest BCUT2D eigenvalue weighted by atomic mass is 16.6. The predicted molar refractivity (Wildman–Crippen MR) is 72.3 cm³/mol. The molecule has 1 aliphatic heterocycles. The van der Waals surface area contributed by atoms with Crippen molar-refractivity contribution in [2.45, 2.75) is 64.4 Å². The number of hydrogen-bond acceptors (Lipinski definition) is 3. The van der Waals surface area contributed by atoms with Gasteiger partial charge in [-0.05, 0) is 64.0 Å². The smallest absolute Gasteiger partial charge is 0.309 e. The zero-order chi connectivity index (χ0) is 13.0. The molecule has 2 fully saturated rings. The van der Waals surface area contributed by atoms with Crippen molar-refractivity contribution in [3.8, 4) is 0 Å². The summed E-state index contributed by atoms with van der Waals surface area (Å²) < 4.78 is 5.90. The van der Waals surface area contributed by atoms with Gasteiger partial charge < -0.3 is 10.1 Å². The standard InChI is InChI=1S/C15H27NO2/c1-3-15(8-4-5-9-15)18-14(17)12(2)13-7-6-10-16-11-13/h12-13,16H,3-11H2,1-2H3. The maximum Gasteiger partial charge on any atom is 0.309 e. The number of hydrogen-bond donors (Lipinski definition) is 1. The summed E-state index contributed by atoms with van der Waals surface area (Å²) in [6, 6.07) is 0. The highest BCUT2D eigenvalue weighted by molar-refractivity contribution is 5.73. The van der Waals surface area contributed by atoms with E-state index in [0.29, 0.717) is 5.92 Å². The zero-order valence-corrected chi connectivity index (χ0v) is 11.8. The lowest BCUT2D eigenvalue weighted by Crippen LogP contribution is -2.40. The molecule has 0 bridgehead atoms. The highest BCUT2D eigenvalue weighted by Gasteiger charge is 2.38. The quantitative estimate of drug-likeness (QED) is 0.783. The Morgan fingerprint density at radius 2 is 2.11 bits per heavy atom. The molecule has 0 amide bonds. The minimum Gasteiger partial charge on any atom is -0.459 e. The average Bonchev–Trinajstić information content (AvgIpc) is 2.88. The Hall–Kier alpha value is -0.570. The van der Waals surface area contributed by atoms with Crippen LogP contribution in [-0.4, -0.2) is 24.7 Å². The molecule has 1 aliphatic carbocycles. The molecule has 1 heterocycles. The zero-order valence-electron chi connectivity index (χ0n) is 11.8. The number of rotatable bonds is 4. The van der Waals surface area contributed by atoms with Crippen LogP contribution in [-0.2, 0) is 9.53 Å². The molecular weight excluding hydrogens is 226 g/mol. The van der Waals surface area contributed by atoms with Gasteiger partial charge in [-0.3, -0.25) is 4.79 Å². The van der Waals surface area contributed by atoms with E-state index in [1.54, 1.807) is 0 Å². The van der Waals surface area contributed by atoms with Crippen molar-refractivity contribution in [2.75, 3.05) is 13.1 Å². The van der Waals surface area contributed by atoms with Crippen LogP contribution in [0.1, 0.15) is 58.8 Å². The van der Waals surface area contributed by atoms with Crippen molar-refractivity contribution >= 4 is 5.97 Å². The molecule has 1 N–H and O–H groups in total. The van der Waals surface area contributed by atoms with E-state index >= 15 is 0 Å². The van der Waals surface area contributed by atoms with E-state index in [1.165, 1.54) is 19.3 Å². The predicted octanol–water partition coefficient (Wildman–Crippen LogP) is 2.89. The molecule has 0 spiro atoms. The van der Waals surface area contributed by atoms with Gasteiger partial charge in [-0.2, -0.15) is 0 Å². The Kier molecular flexibility index (Phi) is 4.66. The number of esters is 1. The van der Waals surface area contributed by atoms with Crippen molar-refractivity contribution < 1.29 is 9.53 Å². The van der Waals surface area contributed by atoms with Gasteiger partial charge in [0.1, 0.15) is 5.60 Å². The minimum absolute atomic E-state index is 0.0347. The Labute approximate surface area is 111 Å². The second-order valence-corrected chi connectivity index (χ2v) is 6.06. The highest BCUT2D eigenvalue weighted by Crippen LogP contribution is 2.37. The number of nitrogens with one attached hydrogen (secondary N) is 1. The maximum absolute atomic E-state index is 12.3. The van der Waals surface area contributed by atoms with E-state index < -0.39 is 0 Å². The monoisotopic (exact) mass is 253 g/mol. The first-order valence-corrected chi connectivity index (χ1v) is 7.60. The van der Waals surface area contributed by atoms with Crippen LogP contribution in [0, 0.1) is 11.8 Å². The molecule has 1 saturated heterocycles. The molecule has 2 aliphatic rings. The molecule has 0 aromatic rings. The summed E-state index contributed by atoms with van der Waals surface area (Å²) in [7, 11) is 0. The molecule has 3 heteroatoms. The van der Waals surface area contributed by atoms with Gasteiger partial charge in [-0.1, -0.05) is 13.8 Å². The fourth-order valence-corrected chi connectivity index (χ4v) is 3.35. The molecule has 2 rings (SSSR count). The second kappa shape index (κ2) is 6.05. The van der Waals surface area contributed by atoms with Crippen molar-refractivity contribution in [1.29, 1.82) is 0 Å². The average molecular weight is 253 g/mol. The lowest BCUT2D eigenvalue weighted by molar-refractivity contribution is -0.166. The van der Waals surface area contributed by atoms with Crippen LogP contribution < -0.4 is 5.32 Å². The van der Waals surface area contributed by atoms with Crippen molar-refractivity contribution in [1.82, 2.24) is 5.32 Å². The van der Waals surface area contributed by atoms with Crippen LogP contribution in [0.5, 0.6) is 0 Å². The Bertz CT molecular complexity index is 278. The number of carbonyl (C=O) groups is 1. The van der Waals surface area contributed by atoms with E-state index in [4.69, 9.17) is 4.74 Å². The molecule has 0 radical (unpaired) electrons. The van der Waals surface area contributed by atoms with Gasteiger partial charge in [-0.15, -0.1) is 0 Å². The third kappa shape index (κ3) is 3.05. The fraction of sp³-hybridized carbons (Fsp3) is 0.933. The van der Waals surface area contributed by atoms with Gasteiger partial charge in [0.15, 0.2) is 0 Å². The van der Waals surface area contributed by atoms with Crippen LogP contribution >= 0.6 is 0 Å². The van der Waals surface area contributed by atoms with E-state index in [2.05, 4.69) is 12.2 Å². The Morgan fingerprint density at radius 3 is 2.67 bits per heavy atom. The summed E-state index contributed by atoms with van der Waals surface area (Å²) in [5.74, 6) is 0.538. The fourth-order valence-electron chi connectivity index (χ4n) is 3.35. The lowest BCUT2D eigenvalue weighted by atomic mass is 9.87. The van der Waals surface area contributed by atoms with E-state index in [1.807, 2.05) is 6.92 Å². The van der Waals surface area contributed by atoms with Crippen molar-refractivity contribution in [2.24, 2.45) is 11.8 Å². The molecule has 1 saturated carbocycles. The molecule has 0 aromatic carbocycles. The molecule has 2 unspecified atom stereocenters. The van der Waals surface area contributed by atoms with Crippen molar-refractivity contribution in [3.63, 3.8) is 0 Å². The van der Waals surface area contributed by atoms with Crippen LogP contribution in [0.4, 0.5) is 0 Å². The van der Waals surface area contributed by atoms with Gasteiger partial charge >= 0.3 is 5.97 Å². The number of carbonyl (C=O) groups excluding carboxylic acids is 1. The lowest BCUT2D eigenvalue weighted by Gasteiger charge is -2.32. The largest absolute Gasteiger partial charge is 0.459 e. The van der Waals surface area contributed by atoms with E-state index in [-0.39, 0.29) is 17.5 Å². The Balaban J connectivity index is 1.89. The summed E-state index contributed by atoms with van der Waals surface area (Å²) in [5, 5.41) is 3.38. The summed E-state index contributed by atoms with van der Waals surface area (Å²) >= 11 is 0. The molecule has 18 heavy (non-hydrogen) atoms. The van der Waals surface area contributed by atoms with Gasteiger partial charge in [0, 0.05) is 0 Å². The normalized spacial score (nSPS) is 28.9. The molecular formula is C15H27NO2. The molecule has 104 valence electrons. The SMILES string of the molecule is CCC1(OC(=O)C(C)C2CCCNC2)CCCC1. The molecule has 3 nitrogen and oxygen atoms in total. The first kappa shape index (κ1) is 13.9. The topological polar surface area (TPSA) is 38.3 Å². The molecule has 2 atom stereocenters. The maximum atomic E-state index is 12.3. The minimum atomic E-state index is -0.132. The van der Waals surface area contributed by atoms with Crippen molar-refractivity contribution in [3.05, 3.63) is 0 Å². The van der Waals surface area contributed by atoms with Gasteiger partial charge in [0.2, 0.25) is 0 Å². The first-order valence-electron chi connectivity index (χ1n) is 7.60. The van der Waals surface area contributed by atoms with E-state index in [0.717, 1.165) is 38.8 Å². The van der Waals surface area contributed by atoms with Crippen LogP contribution in [0.15, 0.2) is 0 Å². The summed E-state index contributed by atoms with van der Waals surface area (Å²) in [4.78, 5) is 12.3. The van der Waals surface area contributed by atoms with Crippen LogP contribution in [0.25, 0.3) is 0 Å². The molecule has 0 aromatic heterocycles. The third-order valence-electron chi connectivity index (χ3n) is 4.89. The van der Waals surface area contributed by atoms with Gasteiger partial charge in [-0.25, -0.2) is 0 Å².